The van der Waals surface area contributed by atoms with Gasteiger partial charge in [-0.05, 0) is 38.1 Å². The molecule has 0 saturated carbocycles. The van der Waals surface area contributed by atoms with Crippen molar-refractivity contribution in [2.75, 3.05) is 5.32 Å². The topological polar surface area (TPSA) is 92.2 Å². The normalized spacial score (nSPS) is 10.2. The maximum Gasteiger partial charge on any atom is 0.337 e. The minimum Gasteiger partial charge on any atom is -0.478 e. The van der Waals surface area contributed by atoms with E-state index in [2.05, 4.69) is 15.5 Å². The predicted octanol–water partition coefficient (Wildman–Crippen LogP) is 2.70. The maximum atomic E-state index is 12.3. The number of halogens is 1. The molecule has 1 aromatic heterocycles. The first kappa shape index (κ1) is 14.9. The van der Waals surface area contributed by atoms with Crippen molar-refractivity contribution in [3.05, 3.63) is 51.8 Å². The first-order valence-electron chi connectivity index (χ1n) is 6.03. The van der Waals surface area contributed by atoms with E-state index in [9.17, 15) is 9.59 Å². The Hall–Kier alpha value is -2.47. The first-order valence-corrected chi connectivity index (χ1v) is 6.41. The number of rotatable bonds is 3. The number of anilines is 1. The minimum atomic E-state index is -1.15. The van der Waals surface area contributed by atoms with E-state index in [-0.39, 0.29) is 11.3 Å². The molecule has 1 aromatic carbocycles. The van der Waals surface area contributed by atoms with Gasteiger partial charge in [0.1, 0.15) is 0 Å². The average molecular weight is 306 g/mol. The second kappa shape index (κ2) is 5.88. The number of benzene rings is 1. The van der Waals surface area contributed by atoms with Crippen LogP contribution in [0.2, 0.25) is 5.02 Å². The third kappa shape index (κ3) is 3.35. The average Bonchev–Trinajstić information content (AvgIpc) is 2.41. The lowest BCUT2D eigenvalue weighted by atomic mass is 10.1. The molecule has 0 aliphatic rings. The molecule has 2 N–H and O–H groups in total. The SMILES string of the molecule is Cc1cc(C(=O)Nc2cc(Cl)ccc2C(=O)O)c(C)nn1. The highest BCUT2D eigenvalue weighted by atomic mass is 35.5. The van der Waals surface area contributed by atoms with Crippen molar-refractivity contribution >= 4 is 29.2 Å². The standard InChI is InChI=1S/C14H12ClN3O3/c1-7-5-11(8(2)18-17-7)13(19)16-12-6-9(15)3-4-10(12)14(20)21/h3-6H,1-2H3,(H,16,19)(H,20,21). The van der Waals surface area contributed by atoms with Crippen molar-refractivity contribution in [1.29, 1.82) is 0 Å². The molecular formula is C14H12ClN3O3. The smallest absolute Gasteiger partial charge is 0.337 e. The van der Waals surface area contributed by atoms with Crippen molar-refractivity contribution in [1.82, 2.24) is 10.2 Å². The molecule has 7 heteroatoms. The van der Waals surface area contributed by atoms with Crippen LogP contribution in [0.15, 0.2) is 24.3 Å². The highest BCUT2D eigenvalue weighted by Gasteiger charge is 2.16. The molecule has 2 rings (SSSR count). The third-order valence-corrected chi connectivity index (χ3v) is 3.04. The fourth-order valence-corrected chi connectivity index (χ4v) is 1.95. The fraction of sp³-hybridized carbons (Fsp3) is 0.143. The summed E-state index contributed by atoms with van der Waals surface area (Å²) in [6.07, 6.45) is 0. The number of hydrogen-bond acceptors (Lipinski definition) is 4. The molecule has 108 valence electrons. The van der Waals surface area contributed by atoms with E-state index in [4.69, 9.17) is 16.7 Å². The molecule has 0 aliphatic heterocycles. The highest BCUT2D eigenvalue weighted by Crippen LogP contribution is 2.22. The van der Waals surface area contributed by atoms with Gasteiger partial charge in [-0.2, -0.15) is 10.2 Å². The summed E-state index contributed by atoms with van der Waals surface area (Å²) in [4.78, 5) is 23.4. The van der Waals surface area contributed by atoms with Gasteiger partial charge in [0.05, 0.1) is 28.2 Å². The van der Waals surface area contributed by atoms with Crippen LogP contribution in [-0.4, -0.2) is 27.2 Å². The van der Waals surface area contributed by atoms with Crippen LogP contribution < -0.4 is 5.32 Å². The van der Waals surface area contributed by atoms with E-state index in [0.717, 1.165) is 0 Å². The van der Waals surface area contributed by atoms with Crippen molar-refractivity contribution in [2.45, 2.75) is 13.8 Å². The number of carboxylic acid groups (broad SMARTS) is 1. The minimum absolute atomic E-state index is 0.0378. The lowest BCUT2D eigenvalue weighted by molar-refractivity contribution is 0.0698. The Kier molecular flexibility index (Phi) is 4.18. The Labute approximate surface area is 125 Å². The number of carboxylic acids is 1. The number of hydrogen-bond donors (Lipinski definition) is 2. The highest BCUT2D eigenvalue weighted by molar-refractivity contribution is 6.31. The largest absolute Gasteiger partial charge is 0.478 e. The van der Waals surface area contributed by atoms with Gasteiger partial charge in [-0.15, -0.1) is 0 Å². The van der Waals surface area contributed by atoms with Crippen molar-refractivity contribution in [3.8, 4) is 0 Å². The predicted molar refractivity (Wildman–Crippen MR) is 77.9 cm³/mol. The summed E-state index contributed by atoms with van der Waals surface area (Å²) in [7, 11) is 0. The van der Waals surface area contributed by atoms with Crippen LogP contribution in [0.1, 0.15) is 32.1 Å². The number of amides is 1. The zero-order valence-electron chi connectivity index (χ0n) is 11.3. The second-order valence-electron chi connectivity index (χ2n) is 4.43. The second-order valence-corrected chi connectivity index (χ2v) is 4.87. The van der Waals surface area contributed by atoms with E-state index >= 15 is 0 Å². The van der Waals surface area contributed by atoms with Gasteiger partial charge in [0, 0.05) is 5.02 Å². The summed E-state index contributed by atoms with van der Waals surface area (Å²) in [6.45, 7) is 3.36. The molecule has 0 spiro atoms. The Morgan fingerprint density at radius 3 is 2.52 bits per heavy atom. The van der Waals surface area contributed by atoms with Gasteiger partial charge >= 0.3 is 5.97 Å². The number of carbonyl (C=O) groups excluding carboxylic acids is 1. The molecule has 2 aromatic rings. The van der Waals surface area contributed by atoms with Gasteiger partial charge in [-0.25, -0.2) is 4.79 Å². The number of aromatic nitrogens is 2. The van der Waals surface area contributed by atoms with Crippen LogP contribution >= 0.6 is 11.6 Å². The molecule has 0 aliphatic carbocycles. The Morgan fingerprint density at radius 2 is 1.86 bits per heavy atom. The molecule has 0 fully saturated rings. The van der Waals surface area contributed by atoms with Crippen LogP contribution in [0.5, 0.6) is 0 Å². The lowest BCUT2D eigenvalue weighted by Crippen LogP contribution is -2.17. The molecule has 0 bridgehead atoms. The van der Waals surface area contributed by atoms with Crippen molar-refractivity contribution < 1.29 is 14.7 Å². The van der Waals surface area contributed by atoms with Gasteiger partial charge in [0.2, 0.25) is 0 Å². The monoisotopic (exact) mass is 305 g/mol. The zero-order valence-corrected chi connectivity index (χ0v) is 12.1. The Bertz CT molecular complexity index is 731. The molecule has 1 amide bonds. The van der Waals surface area contributed by atoms with E-state index < -0.39 is 11.9 Å². The van der Waals surface area contributed by atoms with Crippen LogP contribution in [0.3, 0.4) is 0 Å². The van der Waals surface area contributed by atoms with Gasteiger partial charge in [0.25, 0.3) is 5.91 Å². The zero-order chi connectivity index (χ0) is 15.6. The lowest BCUT2D eigenvalue weighted by Gasteiger charge is -2.10. The molecule has 0 radical (unpaired) electrons. The molecule has 21 heavy (non-hydrogen) atoms. The number of carbonyl (C=O) groups is 2. The molecule has 0 atom stereocenters. The number of aromatic carboxylic acids is 1. The summed E-state index contributed by atoms with van der Waals surface area (Å²) >= 11 is 5.84. The van der Waals surface area contributed by atoms with Crippen molar-refractivity contribution in [3.63, 3.8) is 0 Å². The number of nitrogens with one attached hydrogen (secondary N) is 1. The van der Waals surface area contributed by atoms with Crippen LogP contribution in [0.4, 0.5) is 5.69 Å². The van der Waals surface area contributed by atoms with E-state index in [1.165, 1.54) is 18.2 Å². The molecular weight excluding hydrogens is 294 g/mol. The van der Waals surface area contributed by atoms with Crippen molar-refractivity contribution in [2.24, 2.45) is 0 Å². The van der Waals surface area contributed by atoms with Gasteiger partial charge in [-0.1, -0.05) is 11.6 Å². The summed E-state index contributed by atoms with van der Waals surface area (Å²) in [5.41, 5.74) is 1.48. The third-order valence-electron chi connectivity index (χ3n) is 2.81. The Balaban J connectivity index is 2.38. The summed E-state index contributed by atoms with van der Waals surface area (Å²) in [5.74, 6) is -1.61. The van der Waals surface area contributed by atoms with Gasteiger partial charge < -0.3 is 10.4 Å². The summed E-state index contributed by atoms with van der Waals surface area (Å²) in [6, 6.07) is 5.76. The molecule has 6 nitrogen and oxygen atoms in total. The Morgan fingerprint density at radius 1 is 1.14 bits per heavy atom. The summed E-state index contributed by atoms with van der Waals surface area (Å²) in [5, 5.41) is 19.7. The molecule has 0 saturated heterocycles. The van der Waals surface area contributed by atoms with Crippen LogP contribution in [0, 0.1) is 13.8 Å². The van der Waals surface area contributed by atoms with E-state index in [1.54, 1.807) is 19.9 Å². The van der Waals surface area contributed by atoms with Gasteiger partial charge in [-0.3, -0.25) is 4.79 Å². The quantitative estimate of drug-likeness (QED) is 0.909. The number of aryl methyl sites for hydroxylation is 2. The van der Waals surface area contributed by atoms with Gasteiger partial charge in [0.15, 0.2) is 0 Å². The number of nitrogens with zero attached hydrogens (tertiary/aromatic N) is 2. The summed E-state index contributed by atoms with van der Waals surface area (Å²) < 4.78 is 0. The molecule has 0 unspecified atom stereocenters. The maximum absolute atomic E-state index is 12.3. The molecule has 1 heterocycles. The van der Waals surface area contributed by atoms with Crippen LogP contribution in [0.25, 0.3) is 0 Å². The van der Waals surface area contributed by atoms with Crippen LogP contribution in [-0.2, 0) is 0 Å². The van der Waals surface area contributed by atoms with E-state index in [0.29, 0.717) is 22.0 Å². The first-order chi connectivity index (χ1) is 9.88. The van der Waals surface area contributed by atoms with E-state index in [1.807, 2.05) is 0 Å². The fourth-order valence-electron chi connectivity index (χ4n) is 1.78.